The van der Waals surface area contributed by atoms with Gasteiger partial charge in [0.1, 0.15) is 5.54 Å². The maximum atomic E-state index is 12.4. The Hall–Kier alpha value is -0.610. The Labute approximate surface area is 109 Å². The van der Waals surface area contributed by atoms with Crippen molar-refractivity contribution in [1.82, 2.24) is 5.32 Å². The Kier molecular flexibility index (Phi) is 4.62. The number of esters is 1. The molecule has 2 fully saturated rings. The fourth-order valence-corrected chi connectivity index (χ4v) is 3.15. The van der Waals surface area contributed by atoms with Crippen LogP contribution in [0.5, 0.6) is 0 Å². The van der Waals surface area contributed by atoms with E-state index in [4.69, 9.17) is 9.47 Å². The summed E-state index contributed by atoms with van der Waals surface area (Å²) in [6, 6.07) is 0.468. The molecular formula is C14H25NO3. The van der Waals surface area contributed by atoms with Crippen LogP contribution in [0.3, 0.4) is 0 Å². The van der Waals surface area contributed by atoms with Crippen LogP contribution in [0.25, 0.3) is 0 Å². The van der Waals surface area contributed by atoms with Gasteiger partial charge in [-0.1, -0.05) is 19.8 Å². The maximum absolute atomic E-state index is 12.4. The number of rotatable bonds is 4. The Balaban J connectivity index is 2.11. The van der Waals surface area contributed by atoms with Crippen LogP contribution in [-0.4, -0.2) is 37.4 Å². The zero-order valence-corrected chi connectivity index (χ0v) is 11.5. The summed E-state index contributed by atoms with van der Waals surface area (Å²) in [5.74, 6) is 0.0820. The van der Waals surface area contributed by atoms with E-state index in [9.17, 15) is 4.79 Å². The lowest BCUT2D eigenvalue weighted by Gasteiger charge is -2.42. The molecule has 0 amide bonds. The van der Waals surface area contributed by atoms with E-state index in [1.54, 1.807) is 0 Å². The lowest BCUT2D eigenvalue weighted by Crippen LogP contribution is -2.63. The van der Waals surface area contributed by atoms with Crippen molar-refractivity contribution in [2.45, 2.75) is 57.5 Å². The van der Waals surface area contributed by atoms with Gasteiger partial charge in [-0.05, 0) is 26.2 Å². The van der Waals surface area contributed by atoms with E-state index in [0.29, 0.717) is 25.9 Å². The molecule has 0 bridgehead atoms. The van der Waals surface area contributed by atoms with Gasteiger partial charge < -0.3 is 9.47 Å². The highest BCUT2D eigenvalue weighted by Gasteiger charge is 2.48. The zero-order chi connectivity index (χ0) is 13.0. The number of hydrogen-bond donors (Lipinski definition) is 1. The first-order valence-corrected chi connectivity index (χ1v) is 7.21. The highest BCUT2D eigenvalue weighted by Crippen LogP contribution is 2.31. The molecule has 1 saturated heterocycles. The van der Waals surface area contributed by atoms with Gasteiger partial charge in [0.2, 0.25) is 0 Å². The van der Waals surface area contributed by atoms with Gasteiger partial charge in [0.15, 0.2) is 0 Å². The van der Waals surface area contributed by atoms with Crippen molar-refractivity contribution in [2.75, 3.05) is 19.8 Å². The largest absolute Gasteiger partial charge is 0.465 e. The first-order chi connectivity index (χ1) is 8.69. The molecule has 2 aliphatic rings. The van der Waals surface area contributed by atoms with Crippen molar-refractivity contribution in [3.8, 4) is 0 Å². The SMILES string of the molecule is CCOC(=O)C1(NC2CCCC2)CCOCC1C. The molecule has 18 heavy (non-hydrogen) atoms. The molecule has 1 aliphatic carbocycles. The monoisotopic (exact) mass is 255 g/mol. The number of nitrogens with one attached hydrogen (secondary N) is 1. The second kappa shape index (κ2) is 6.02. The third kappa shape index (κ3) is 2.69. The van der Waals surface area contributed by atoms with Crippen LogP contribution in [0.4, 0.5) is 0 Å². The Bertz CT molecular complexity index is 289. The van der Waals surface area contributed by atoms with Crippen molar-refractivity contribution in [2.24, 2.45) is 5.92 Å². The fraction of sp³-hybridized carbons (Fsp3) is 0.929. The highest BCUT2D eigenvalue weighted by atomic mass is 16.5. The standard InChI is InChI=1S/C14H25NO3/c1-3-18-13(16)14(8-9-17-10-11(14)2)15-12-6-4-5-7-12/h11-12,15H,3-10H2,1-2H3. The number of ether oxygens (including phenoxy) is 2. The topological polar surface area (TPSA) is 47.6 Å². The van der Waals surface area contributed by atoms with Gasteiger partial charge in [0.25, 0.3) is 0 Å². The molecule has 4 heteroatoms. The predicted molar refractivity (Wildman–Crippen MR) is 69.4 cm³/mol. The number of carbonyl (C=O) groups is 1. The fourth-order valence-electron chi connectivity index (χ4n) is 3.15. The molecule has 0 aromatic rings. The lowest BCUT2D eigenvalue weighted by atomic mass is 9.80. The second-order valence-corrected chi connectivity index (χ2v) is 5.54. The summed E-state index contributed by atoms with van der Waals surface area (Å²) in [6.45, 7) is 5.67. The van der Waals surface area contributed by atoms with Crippen LogP contribution in [-0.2, 0) is 14.3 Å². The van der Waals surface area contributed by atoms with Crippen LogP contribution in [0.2, 0.25) is 0 Å². The van der Waals surface area contributed by atoms with Crippen molar-refractivity contribution in [3.05, 3.63) is 0 Å². The Morgan fingerprint density at radius 1 is 1.44 bits per heavy atom. The molecule has 0 aromatic carbocycles. The Morgan fingerprint density at radius 3 is 2.78 bits per heavy atom. The molecule has 4 nitrogen and oxygen atoms in total. The molecule has 1 saturated carbocycles. The minimum absolute atomic E-state index is 0.0901. The van der Waals surface area contributed by atoms with E-state index in [1.165, 1.54) is 25.7 Å². The average Bonchev–Trinajstić information content (AvgIpc) is 2.85. The van der Waals surface area contributed by atoms with Crippen LogP contribution in [0.15, 0.2) is 0 Å². The molecule has 1 N–H and O–H groups in total. The van der Waals surface area contributed by atoms with Gasteiger partial charge in [-0.3, -0.25) is 10.1 Å². The van der Waals surface area contributed by atoms with Crippen LogP contribution in [0, 0.1) is 5.92 Å². The van der Waals surface area contributed by atoms with Crippen molar-refractivity contribution < 1.29 is 14.3 Å². The van der Waals surface area contributed by atoms with E-state index >= 15 is 0 Å². The molecule has 0 spiro atoms. The molecule has 2 atom stereocenters. The van der Waals surface area contributed by atoms with E-state index in [2.05, 4.69) is 12.2 Å². The Morgan fingerprint density at radius 2 is 2.17 bits per heavy atom. The van der Waals surface area contributed by atoms with E-state index in [-0.39, 0.29) is 11.9 Å². The van der Waals surface area contributed by atoms with E-state index < -0.39 is 5.54 Å². The number of carbonyl (C=O) groups excluding carboxylic acids is 1. The summed E-state index contributed by atoms with van der Waals surface area (Å²) in [5, 5.41) is 3.61. The van der Waals surface area contributed by atoms with E-state index in [0.717, 1.165) is 6.42 Å². The lowest BCUT2D eigenvalue weighted by molar-refractivity contribution is -0.160. The summed E-state index contributed by atoms with van der Waals surface area (Å²) >= 11 is 0. The quantitative estimate of drug-likeness (QED) is 0.779. The maximum Gasteiger partial charge on any atom is 0.326 e. The summed E-state index contributed by atoms with van der Waals surface area (Å²) in [6.07, 6.45) is 5.61. The third-order valence-corrected chi connectivity index (χ3v) is 4.31. The smallest absolute Gasteiger partial charge is 0.326 e. The zero-order valence-electron chi connectivity index (χ0n) is 11.5. The van der Waals surface area contributed by atoms with Crippen LogP contribution < -0.4 is 5.32 Å². The molecule has 2 rings (SSSR count). The summed E-state index contributed by atoms with van der Waals surface area (Å²) in [5.41, 5.74) is -0.525. The third-order valence-electron chi connectivity index (χ3n) is 4.31. The van der Waals surface area contributed by atoms with E-state index in [1.807, 2.05) is 6.92 Å². The first-order valence-electron chi connectivity index (χ1n) is 7.21. The van der Waals surface area contributed by atoms with Crippen molar-refractivity contribution in [1.29, 1.82) is 0 Å². The van der Waals surface area contributed by atoms with Gasteiger partial charge >= 0.3 is 5.97 Å². The minimum Gasteiger partial charge on any atom is -0.465 e. The molecule has 104 valence electrons. The van der Waals surface area contributed by atoms with Gasteiger partial charge in [-0.2, -0.15) is 0 Å². The summed E-state index contributed by atoms with van der Waals surface area (Å²) in [4.78, 5) is 12.4. The average molecular weight is 255 g/mol. The normalized spacial score (nSPS) is 33.6. The predicted octanol–water partition coefficient (Wildman–Crippen LogP) is 1.88. The van der Waals surface area contributed by atoms with Crippen molar-refractivity contribution in [3.63, 3.8) is 0 Å². The number of hydrogen-bond acceptors (Lipinski definition) is 4. The van der Waals surface area contributed by atoms with Crippen molar-refractivity contribution >= 4 is 5.97 Å². The summed E-state index contributed by atoms with van der Waals surface area (Å²) in [7, 11) is 0. The molecule has 1 aliphatic heterocycles. The summed E-state index contributed by atoms with van der Waals surface area (Å²) < 4.78 is 10.8. The molecule has 1 heterocycles. The van der Waals surface area contributed by atoms with Crippen LogP contribution >= 0.6 is 0 Å². The van der Waals surface area contributed by atoms with Gasteiger partial charge in [0.05, 0.1) is 13.2 Å². The van der Waals surface area contributed by atoms with Gasteiger partial charge in [-0.15, -0.1) is 0 Å². The second-order valence-electron chi connectivity index (χ2n) is 5.54. The molecule has 2 unspecified atom stereocenters. The molecule has 0 aromatic heterocycles. The van der Waals surface area contributed by atoms with Crippen LogP contribution in [0.1, 0.15) is 46.0 Å². The minimum atomic E-state index is -0.525. The molecule has 0 radical (unpaired) electrons. The van der Waals surface area contributed by atoms with Gasteiger partial charge in [-0.25, -0.2) is 0 Å². The molecular weight excluding hydrogens is 230 g/mol. The highest BCUT2D eigenvalue weighted by molar-refractivity contribution is 5.81. The van der Waals surface area contributed by atoms with Gasteiger partial charge in [0, 0.05) is 18.6 Å². The first kappa shape index (κ1) is 13.8.